The summed E-state index contributed by atoms with van der Waals surface area (Å²) in [6.07, 6.45) is 7.35. The van der Waals surface area contributed by atoms with Crippen molar-refractivity contribution in [3.8, 4) is 6.07 Å². The van der Waals surface area contributed by atoms with Gasteiger partial charge in [-0.05, 0) is 42.5 Å². The quantitative estimate of drug-likeness (QED) is 0.542. The summed E-state index contributed by atoms with van der Waals surface area (Å²) in [5, 5.41) is 13.8. The molecular weight excluding hydrogens is 369 g/mol. The third-order valence-electron chi connectivity index (χ3n) is 5.97. The van der Waals surface area contributed by atoms with Crippen LogP contribution in [-0.2, 0) is 0 Å². The molecule has 0 saturated carbocycles. The fourth-order valence-corrected chi connectivity index (χ4v) is 8.98. The predicted octanol–water partition coefficient (Wildman–Crippen LogP) is 5.25. The lowest BCUT2D eigenvalue weighted by atomic mass is 9.85. The molecule has 2 atom stereocenters. The van der Waals surface area contributed by atoms with Gasteiger partial charge in [0.2, 0.25) is 0 Å². The van der Waals surface area contributed by atoms with E-state index >= 15 is 0 Å². The van der Waals surface area contributed by atoms with Crippen LogP contribution in [0.5, 0.6) is 0 Å². The van der Waals surface area contributed by atoms with Gasteiger partial charge in [-0.1, -0.05) is 73.7 Å². The normalized spacial score (nSPS) is 18.7. The monoisotopic (exact) mass is 394 g/mol. The second-order valence-electron chi connectivity index (χ2n) is 7.57. The number of hydrogen-bond donors (Lipinski definition) is 0. The molecule has 2 unspecified atom stereocenters. The van der Waals surface area contributed by atoms with Crippen LogP contribution in [-0.4, -0.2) is 6.16 Å². The molecule has 1 aliphatic carbocycles. The van der Waals surface area contributed by atoms with Crippen LogP contribution >= 0.6 is 7.26 Å². The number of nitriles is 1. The Hall–Kier alpha value is -2.94. The Labute approximate surface area is 174 Å². The molecule has 2 heteroatoms. The van der Waals surface area contributed by atoms with Crippen LogP contribution in [0.15, 0.2) is 115 Å². The molecule has 1 aliphatic rings. The van der Waals surface area contributed by atoms with Crippen LogP contribution in [0.25, 0.3) is 0 Å². The van der Waals surface area contributed by atoms with Crippen molar-refractivity contribution in [1.29, 1.82) is 5.26 Å². The Bertz CT molecular complexity index is 949. The first kappa shape index (κ1) is 19.4. The summed E-state index contributed by atoms with van der Waals surface area (Å²) in [6, 6.07) is 35.3. The topological polar surface area (TPSA) is 23.8 Å². The number of rotatable bonds is 5. The highest BCUT2D eigenvalue weighted by Crippen LogP contribution is 2.58. The van der Waals surface area contributed by atoms with Gasteiger partial charge >= 0.3 is 0 Å². The highest BCUT2D eigenvalue weighted by Gasteiger charge is 2.47. The molecule has 0 spiro atoms. The highest BCUT2D eigenvalue weighted by molar-refractivity contribution is 7.95. The van der Waals surface area contributed by atoms with E-state index in [0.29, 0.717) is 5.92 Å². The van der Waals surface area contributed by atoms with Crippen LogP contribution in [0.2, 0.25) is 0 Å². The molecule has 1 nitrogen and oxygen atoms in total. The van der Waals surface area contributed by atoms with E-state index in [4.69, 9.17) is 0 Å². The molecule has 0 radical (unpaired) electrons. The van der Waals surface area contributed by atoms with Crippen LogP contribution in [0.1, 0.15) is 6.92 Å². The van der Waals surface area contributed by atoms with E-state index in [9.17, 15) is 5.26 Å². The zero-order valence-corrected chi connectivity index (χ0v) is 17.5. The second-order valence-corrected chi connectivity index (χ2v) is 11.1. The van der Waals surface area contributed by atoms with Gasteiger partial charge in [0.25, 0.3) is 0 Å². The molecule has 142 valence electrons. The van der Waals surface area contributed by atoms with E-state index in [1.54, 1.807) is 0 Å². The van der Waals surface area contributed by atoms with Gasteiger partial charge in [0.05, 0.1) is 12.2 Å². The molecule has 0 aromatic heterocycles. The minimum absolute atomic E-state index is 0.223. The van der Waals surface area contributed by atoms with Crippen LogP contribution in [0.3, 0.4) is 0 Å². The third-order valence-corrected chi connectivity index (χ3v) is 10.5. The first-order chi connectivity index (χ1) is 14.3. The SMILES string of the molecule is CC1C(C#N)=CC=CC1C[P+](c1ccccc1)(c1ccccc1)c1ccccc1. The molecule has 3 aromatic rings. The van der Waals surface area contributed by atoms with Crippen molar-refractivity contribution in [1.82, 2.24) is 0 Å². The highest BCUT2D eigenvalue weighted by atomic mass is 31.2. The molecule has 0 heterocycles. The van der Waals surface area contributed by atoms with Gasteiger partial charge < -0.3 is 0 Å². The van der Waals surface area contributed by atoms with E-state index in [1.807, 2.05) is 6.08 Å². The predicted molar refractivity (Wildman–Crippen MR) is 126 cm³/mol. The Balaban J connectivity index is 1.93. The fraction of sp³-hybridized carbons (Fsp3) is 0.148. The van der Waals surface area contributed by atoms with E-state index in [2.05, 4.69) is 116 Å². The Morgan fingerprint density at radius 3 is 1.62 bits per heavy atom. The van der Waals surface area contributed by atoms with Gasteiger partial charge in [-0.15, -0.1) is 0 Å². The molecular formula is C27H25NP+. The van der Waals surface area contributed by atoms with Crippen LogP contribution < -0.4 is 15.9 Å². The maximum atomic E-state index is 9.59. The Morgan fingerprint density at radius 1 is 0.759 bits per heavy atom. The fourth-order valence-electron chi connectivity index (χ4n) is 4.34. The molecule has 29 heavy (non-hydrogen) atoms. The maximum absolute atomic E-state index is 9.59. The zero-order chi connectivity index (χ0) is 20.1. The summed E-state index contributed by atoms with van der Waals surface area (Å²) < 4.78 is 0. The molecule has 0 bridgehead atoms. The van der Waals surface area contributed by atoms with Crippen LogP contribution in [0, 0.1) is 23.2 Å². The van der Waals surface area contributed by atoms with E-state index < -0.39 is 7.26 Å². The van der Waals surface area contributed by atoms with Gasteiger partial charge in [0, 0.05) is 17.4 Å². The van der Waals surface area contributed by atoms with Crippen molar-refractivity contribution in [2.45, 2.75) is 6.92 Å². The first-order valence-corrected chi connectivity index (χ1v) is 12.1. The smallest absolute Gasteiger partial charge is 0.112 e. The molecule has 4 rings (SSSR count). The van der Waals surface area contributed by atoms with Crippen molar-refractivity contribution in [3.05, 3.63) is 115 Å². The third kappa shape index (κ3) is 3.69. The van der Waals surface area contributed by atoms with Crippen molar-refractivity contribution >= 4 is 23.2 Å². The standard InChI is InChI=1S/C27H25NP/c1-22-23(20-28)12-11-13-24(22)21-29(25-14-5-2-6-15-25,26-16-7-3-8-17-26)27-18-9-4-10-19-27/h2-19,22,24H,21H2,1H3/q+1. The molecule has 0 fully saturated rings. The minimum Gasteiger partial charge on any atom is -0.193 e. The van der Waals surface area contributed by atoms with E-state index in [-0.39, 0.29) is 5.92 Å². The first-order valence-electron chi connectivity index (χ1n) is 10.1. The average Bonchev–Trinajstić information content (AvgIpc) is 2.80. The Kier molecular flexibility index (Phi) is 5.75. The second kappa shape index (κ2) is 8.60. The summed E-state index contributed by atoms with van der Waals surface area (Å²) in [6.45, 7) is 2.19. The zero-order valence-electron chi connectivity index (χ0n) is 16.6. The molecule has 0 aliphatic heterocycles. The minimum atomic E-state index is -1.88. The average molecular weight is 394 g/mol. The number of nitrogens with zero attached hydrogens (tertiary/aromatic N) is 1. The lowest BCUT2D eigenvalue weighted by molar-refractivity contribution is 0.540. The number of benzene rings is 3. The molecule has 0 amide bonds. The van der Waals surface area contributed by atoms with Gasteiger partial charge in [0.15, 0.2) is 0 Å². The van der Waals surface area contributed by atoms with Gasteiger partial charge in [-0.2, -0.15) is 5.26 Å². The lowest BCUT2D eigenvalue weighted by Gasteiger charge is -2.33. The lowest BCUT2D eigenvalue weighted by Crippen LogP contribution is -2.36. The maximum Gasteiger partial charge on any atom is 0.112 e. The molecule has 3 aromatic carbocycles. The van der Waals surface area contributed by atoms with E-state index in [0.717, 1.165) is 11.7 Å². The summed E-state index contributed by atoms with van der Waals surface area (Å²) >= 11 is 0. The largest absolute Gasteiger partial charge is 0.193 e. The van der Waals surface area contributed by atoms with Crippen molar-refractivity contribution < 1.29 is 0 Å². The molecule has 0 N–H and O–H groups in total. The Morgan fingerprint density at radius 2 is 1.21 bits per heavy atom. The van der Waals surface area contributed by atoms with Crippen molar-refractivity contribution in [2.75, 3.05) is 6.16 Å². The van der Waals surface area contributed by atoms with Crippen molar-refractivity contribution in [3.63, 3.8) is 0 Å². The van der Waals surface area contributed by atoms with Gasteiger partial charge in [-0.25, -0.2) is 0 Å². The van der Waals surface area contributed by atoms with E-state index in [1.165, 1.54) is 15.9 Å². The number of allylic oxidation sites excluding steroid dienone is 4. The van der Waals surface area contributed by atoms with Gasteiger partial charge in [-0.3, -0.25) is 0 Å². The summed E-state index contributed by atoms with van der Waals surface area (Å²) in [4.78, 5) is 0. The summed E-state index contributed by atoms with van der Waals surface area (Å²) in [5.74, 6) is 0.545. The van der Waals surface area contributed by atoms with Crippen molar-refractivity contribution in [2.24, 2.45) is 11.8 Å². The summed E-state index contributed by atoms with van der Waals surface area (Å²) in [7, 11) is -1.88. The molecule has 0 saturated heterocycles. The van der Waals surface area contributed by atoms with Crippen LogP contribution in [0.4, 0.5) is 0 Å². The summed E-state index contributed by atoms with van der Waals surface area (Å²) in [5.41, 5.74) is 0.879. The van der Waals surface area contributed by atoms with Gasteiger partial charge in [0.1, 0.15) is 23.2 Å². The number of hydrogen-bond acceptors (Lipinski definition) is 1.